The Morgan fingerprint density at radius 3 is 2.33 bits per heavy atom. The van der Waals surface area contributed by atoms with Gasteiger partial charge in [0.25, 0.3) is 0 Å². The molecule has 0 aromatic carbocycles. The standard InChI is InChI=1S/C10H18N2O3/c1-7(2)9(13)12-5-4-11(10(14)15)6-8(12)3/h7-8H,4-6H2,1-3H3,(H,14,15). The second kappa shape index (κ2) is 4.51. The fourth-order valence-corrected chi connectivity index (χ4v) is 1.79. The van der Waals surface area contributed by atoms with E-state index in [2.05, 4.69) is 0 Å². The van der Waals surface area contributed by atoms with Crippen molar-refractivity contribution in [1.82, 2.24) is 9.80 Å². The van der Waals surface area contributed by atoms with Gasteiger partial charge < -0.3 is 14.9 Å². The van der Waals surface area contributed by atoms with E-state index < -0.39 is 6.09 Å². The minimum atomic E-state index is -0.904. The second-order valence-electron chi connectivity index (χ2n) is 4.26. The van der Waals surface area contributed by atoms with Crippen molar-refractivity contribution < 1.29 is 14.7 Å². The lowest BCUT2D eigenvalue weighted by Gasteiger charge is -2.39. The molecule has 15 heavy (non-hydrogen) atoms. The molecule has 0 bridgehead atoms. The molecule has 1 heterocycles. The Bertz CT molecular complexity index is 265. The smallest absolute Gasteiger partial charge is 0.407 e. The van der Waals surface area contributed by atoms with Crippen molar-refractivity contribution >= 4 is 12.0 Å². The van der Waals surface area contributed by atoms with Crippen LogP contribution >= 0.6 is 0 Å². The average Bonchev–Trinajstić information content (AvgIpc) is 2.16. The number of amides is 2. The maximum atomic E-state index is 11.7. The summed E-state index contributed by atoms with van der Waals surface area (Å²) in [4.78, 5) is 25.6. The number of piperazine rings is 1. The van der Waals surface area contributed by atoms with Crippen LogP contribution < -0.4 is 0 Å². The molecule has 1 fully saturated rings. The molecule has 86 valence electrons. The van der Waals surface area contributed by atoms with Gasteiger partial charge in [-0.1, -0.05) is 13.8 Å². The summed E-state index contributed by atoms with van der Waals surface area (Å²) in [5, 5.41) is 8.81. The number of carbonyl (C=O) groups excluding carboxylic acids is 1. The van der Waals surface area contributed by atoms with E-state index in [-0.39, 0.29) is 17.9 Å². The van der Waals surface area contributed by atoms with E-state index in [1.54, 1.807) is 4.90 Å². The highest BCUT2D eigenvalue weighted by Gasteiger charge is 2.30. The minimum absolute atomic E-state index is 0.0234. The predicted molar refractivity (Wildman–Crippen MR) is 55.6 cm³/mol. The van der Waals surface area contributed by atoms with Crippen LogP contribution in [0.2, 0.25) is 0 Å². The van der Waals surface area contributed by atoms with Crippen LogP contribution in [-0.2, 0) is 4.79 Å². The lowest BCUT2D eigenvalue weighted by molar-refractivity contribution is -0.138. The number of nitrogens with zero attached hydrogens (tertiary/aromatic N) is 2. The monoisotopic (exact) mass is 214 g/mol. The first-order valence-corrected chi connectivity index (χ1v) is 5.21. The van der Waals surface area contributed by atoms with Gasteiger partial charge in [0, 0.05) is 31.6 Å². The molecule has 1 N–H and O–H groups in total. The lowest BCUT2D eigenvalue weighted by Crippen LogP contribution is -2.56. The van der Waals surface area contributed by atoms with Crippen LogP contribution in [0.15, 0.2) is 0 Å². The number of carbonyl (C=O) groups is 2. The molecule has 0 aliphatic carbocycles. The van der Waals surface area contributed by atoms with Gasteiger partial charge in [0.2, 0.25) is 5.91 Å². The zero-order valence-corrected chi connectivity index (χ0v) is 9.43. The summed E-state index contributed by atoms with van der Waals surface area (Å²) < 4.78 is 0. The molecule has 1 aliphatic heterocycles. The van der Waals surface area contributed by atoms with Gasteiger partial charge in [0.1, 0.15) is 0 Å². The van der Waals surface area contributed by atoms with Gasteiger partial charge in [-0.3, -0.25) is 4.79 Å². The van der Waals surface area contributed by atoms with Crippen molar-refractivity contribution in [1.29, 1.82) is 0 Å². The number of hydrogen-bond donors (Lipinski definition) is 1. The summed E-state index contributed by atoms with van der Waals surface area (Å²) in [7, 11) is 0. The van der Waals surface area contributed by atoms with E-state index in [4.69, 9.17) is 5.11 Å². The van der Waals surface area contributed by atoms with Gasteiger partial charge in [-0.05, 0) is 6.92 Å². The molecule has 0 aromatic heterocycles. The van der Waals surface area contributed by atoms with E-state index >= 15 is 0 Å². The molecule has 1 unspecified atom stereocenters. The third kappa shape index (κ3) is 2.61. The molecule has 1 saturated heterocycles. The fraction of sp³-hybridized carbons (Fsp3) is 0.800. The van der Waals surface area contributed by atoms with Gasteiger partial charge in [-0.15, -0.1) is 0 Å². The van der Waals surface area contributed by atoms with Crippen molar-refractivity contribution in [3.05, 3.63) is 0 Å². The summed E-state index contributed by atoms with van der Waals surface area (Å²) >= 11 is 0. The molecule has 5 heteroatoms. The van der Waals surface area contributed by atoms with Crippen molar-refractivity contribution in [3.8, 4) is 0 Å². The highest BCUT2D eigenvalue weighted by molar-refractivity contribution is 5.78. The first-order valence-electron chi connectivity index (χ1n) is 5.21. The van der Waals surface area contributed by atoms with Crippen LogP contribution in [0.4, 0.5) is 4.79 Å². The van der Waals surface area contributed by atoms with Crippen LogP contribution in [0.25, 0.3) is 0 Å². The Morgan fingerprint density at radius 2 is 1.93 bits per heavy atom. The van der Waals surface area contributed by atoms with Crippen LogP contribution in [-0.4, -0.2) is 52.6 Å². The van der Waals surface area contributed by atoms with Gasteiger partial charge in [0.15, 0.2) is 0 Å². The molecule has 0 aromatic rings. The molecule has 1 aliphatic rings. The van der Waals surface area contributed by atoms with Gasteiger partial charge in [0.05, 0.1) is 0 Å². The fourth-order valence-electron chi connectivity index (χ4n) is 1.79. The first kappa shape index (κ1) is 11.8. The summed E-state index contributed by atoms with van der Waals surface area (Å²) in [6.45, 7) is 6.93. The molecule has 0 saturated carbocycles. The summed E-state index contributed by atoms with van der Waals surface area (Å²) in [5.41, 5.74) is 0. The Morgan fingerprint density at radius 1 is 1.33 bits per heavy atom. The van der Waals surface area contributed by atoms with Crippen LogP contribution in [0.1, 0.15) is 20.8 Å². The molecular formula is C10H18N2O3. The molecule has 0 spiro atoms. The highest BCUT2D eigenvalue weighted by atomic mass is 16.4. The largest absolute Gasteiger partial charge is 0.465 e. The summed E-state index contributed by atoms with van der Waals surface area (Å²) in [5.74, 6) is 0.0800. The highest BCUT2D eigenvalue weighted by Crippen LogP contribution is 2.13. The van der Waals surface area contributed by atoms with E-state index in [0.717, 1.165) is 0 Å². The lowest BCUT2D eigenvalue weighted by atomic mass is 10.1. The Balaban J connectivity index is 2.60. The molecule has 1 rings (SSSR count). The van der Waals surface area contributed by atoms with E-state index in [1.807, 2.05) is 20.8 Å². The van der Waals surface area contributed by atoms with E-state index in [9.17, 15) is 9.59 Å². The molecule has 0 radical (unpaired) electrons. The van der Waals surface area contributed by atoms with Crippen molar-refractivity contribution in [2.75, 3.05) is 19.6 Å². The normalized spacial score (nSPS) is 22.0. The number of rotatable bonds is 1. The number of hydrogen-bond acceptors (Lipinski definition) is 2. The van der Waals surface area contributed by atoms with Crippen molar-refractivity contribution in [2.45, 2.75) is 26.8 Å². The first-order chi connectivity index (χ1) is 6.93. The average molecular weight is 214 g/mol. The summed E-state index contributed by atoms with van der Waals surface area (Å²) in [6, 6.07) is -0.0234. The maximum absolute atomic E-state index is 11.7. The zero-order chi connectivity index (χ0) is 11.6. The van der Waals surface area contributed by atoms with E-state index in [0.29, 0.717) is 19.6 Å². The van der Waals surface area contributed by atoms with Crippen LogP contribution in [0.5, 0.6) is 0 Å². The zero-order valence-electron chi connectivity index (χ0n) is 9.43. The van der Waals surface area contributed by atoms with Crippen LogP contribution in [0.3, 0.4) is 0 Å². The topological polar surface area (TPSA) is 60.9 Å². The predicted octanol–water partition coefficient (Wildman–Crippen LogP) is 0.853. The van der Waals surface area contributed by atoms with Crippen molar-refractivity contribution in [2.24, 2.45) is 5.92 Å². The van der Waals surface area contributed by atoms with Gasteiger partial charge >= 0.3 is 6.09 Å². The molecule has 1 atom stereocenters. The molecule has 2 amide bonds. The maximum Gasteiger partial charge on any atom is 0.407 e. The van der Waals surface area contributed by atoms with Crippen molar-refractivity contribution in [3.63, 3.8) is 0 Å². The SMILES string of the molecule is CC(C)C(=O)N1CCN(C(=O)O)CC1C. The quantitative estimate of drug-likeness (QED) is 0.704. The minimum Gasteiger partial charge on any atom is -0.465 e. The van der Waals surface area contributed by atoms with Gasteiger partial charge in [-0.25, -0.2) is 4.79 Å². The Labute approximate surface area is 89.7 Å². The third-order valence-corrected chi connectivity index (χ3v) is 2.67. The number of carboxylic acid groups (broad SMARTS) is 1. The van der Waals surface area contributed by atoms with Gasteiger partial charge in [-0.2, -0.15) is 0 Å². The molecule has 5 nitrogen and oxygen atoms in total. The van der Waals surface area contributed by atoms with E-state index in [1.165, 1.54) is 4.90 Å². The second-order valence-corrected chi connectivity index (χ2v) is 4.26. The summed E-state index contributed by atoms with van der Waals surface area (Å²) in [6.07, 6.45) is -0.904. The van der Waals surface area contributed by atoms with Crippen LogP contribution in [0, 0.1) is 5.92 Å². The molecular weight excluding hydrogens is 196 g/mol. The third-order valence-electron chi connectivity index (χ3n) is 2.67. The Hall–Kier alpha value is -1.26. The Kier molecular flexibility index (Phi) is 3.55.